The molecule has 0 amide bonds. The van der Waals surface area contributed by atoms with Crippen molar-refractivity contribution in [2.75, 3.05) is 46.3 Å². The summed E-state index contributed by atoms with van der Waals surface area (Å²) < 4.78 is 27.2. The van der Waals surface area contributed by atoms with Crippen LogP contribution in [0.2, 0.25) is 0 Å². The molecule has 1 aromatic heterocycles. The van der Waals surface area contributed by atoms with E-state index in [-0.39, 0.29) is 0 Å². The van der Waals surface area contributed by atoms with Crippen LogP contribution in [0.3, 0.4) is 0 Å². The molecule has 2 rings (SSSR count). The lowest BCUT2D eigenvalue weighted by atomic mass is 10.3. The first-order valence-corrected chi connectivity index (χ1v) is 9.25. The van der Waals surface area contributed by atoms with Gasteiger partial charge < -0.3 is 5.32 Å². The Balaban J connectivity index is 1.95. The Morgan fingerprint density at radius 2 is 2.16 bits per heavy atom. The molecule has 0 saturated carbocycles. The minimum atomic E-state index is -3.36. The van der Waals surface area contributed by atoms with Crippen molar-refractivity contribution in [2.24, 2.45) is 0 Å². The maximum absolute atomic E-state index is 12.4. The Labute approximate surface area is 126 Å². The summed E-state index contributed by atoms with van der Waals surface area (Å²) in [5, 5.41) is 5.06. The molecule has 1 saturated heterocycles. The molecule has 0 spiro atoms. The number of sulfonamides is 1. The molecule has 1 aliphatic heterocycles. The van der Waals surface area contributed by atoms with E-state index in [0.717, 1.165) is 32.7 Å². The molecule has 1 aliphatic rings. The first-order valence-electron chi connectivity index (χ1n) is 6.14. The van der Waals surface area contributed by atoms with Gasteiger partial charge in [-0.15, -0.1) is 11.3 Å². The van der Waals surface area contributed by atoms with Gasteiger partial charge in [0.05, 0.1) is 0 Å². The van der Waals surface area contributed by atoms with Crippen LogP contribution >= 0.6 is 27.3 Å². The van der Waals surface area contributed by atoms with E-state index in [9.17, 15) is 8.42 Å². The number of hydrogen-bond donors (Lipinski definition) is 1. The first-order chi connectivity index (χ1) is 9.01. The second-order valence-corrected chi connectivity index (χ2v) is 8.48. The van der Waals surface area contributed by atoms with E-state index in [4.69, 9.17) is 0 Å². The number of nitrogens with one attached hydrogen (secondary N) is 1. The highest BCUT2D eigenvalue weighted by Gasteiger charge is 2.25. The average molecular weight is 368 g/mol. The fourth-order valence-corrected chi connectivity index (χ4v) is 5.61. The van der Waals surface area contributed by atoms with Gasteiger partial charge in [-0.05, 0) is 27.4 Å². The molecule has 1 aromatic rings. The summed E-state index contributed by atoms with van der Waals surface area (Å²) in [5.74, 6) is 0. The van der Waals surface area contributed by atoms with Crippen molar-refractivity contribution < 1.29 is 8.42 Å². The van der Waals surface area contributed by atoms with Crippen LogP contribution in [0.4, 0.5) is 0 Å². The average Bonchev–Trinajstić information content (AvgIpc) is 2.84. The summed E-state index contributed by atoms with van der Waals surface area (Å²) in [6.45, 7) is 5.22. The molecule has 2 heterocycles. The van der Waals surface area contributed by atoms with Crippen LogP contribution in [0.25, 0.3) is 0 Å². The molecule has 0 aromatic carbocycles. The normalized spacial score (nSPS) is 18.1. The number of piperazine rings is 1. The lowest BCUT2D eigenvalue weighted by Crippen LogP contribution is -2.46. The number of hydrogen-bond acceptors (Lipinski definition) is 5. The number of rotatable bonds is 5. The van der Waals surface area contributed by atoms with E-state index in [1.54, 1.807) is 18.5 Å². The Hall–Kier alpha value is 0.01000. The molecule has 1 fully saturated rings. The quantitative estimate of drug-likeness (QED) is 0.844. The highest BCUT2D eigenvalue weighted by molar-refractivity contribution is 9.10. The zero-order valence-electron chi connectivity index (χ0n) is 10.8. The maximum Gasteiger partial charge on any atom is 0.253 e. The fourth-order valence-electron chi connectivity index (χ4n) is 1.94. The molecule has 0 radical (unpaired) electrons. The van der Waals surface area contributed by atoms with Gasteiger partial charge in [-0.2, -0.15) is 4.31 Å². The molecule has 19 heavy (non-hydrogen) atoms. The molecule has 0 atom stereocenters. The van der Waals surface area contributed by atoms with Crippen molar-refractivity contribution in [1.82, 2.24) is 14.5 Å². The van der Waals surface area contributed by atoms with Crippen LogP contribution in [0, 0.1) is 0 Å². The van der Waals surface area contributed by atoms with Gasteiger partial charge in [0.15, 0.2) is 0 Å². The molecular weight excluding hydrogens is 350 g/mol. The third kappa shape index (κ3) is 3.77. The van der Waals surface area contributed by atoms with Crippen molar-refractivity contribution in [3.8, 4) is 0 Å². The molecule has 8 heteroatoms. The van der Waals surface area contributed by atoms with E-state index in [0.29, 0.717) is 15.2 Å². The van der Waals surface area contributed by atoms with E-state index in [2.05, 4.69) is 26.1 Å². The first kappa shape index (κ1) is 15.4. The van der Waals surface area contributed by atoms with Crippen LogP contribution in [0.15, 0.2) is 20.1 Å². The van der Waals surface area contributed by atoms with Crippen LogP contribution in [-0.4, -0.2) is 63.9 Å². The Morgan fingerprint density at radius 1 is 1.47 bits per heavy atom. The number of likely N-dealkylation sites (N-methyl/N-ethyl adjacent to an activating group) is 1. The van der Waals surface area contributed by atoms with E-state index >= 15 is 0 Å². The molecule has 5 nitrogen and oxygen atoms in total. The molecule has 0 unspecified atom stereocenters. The summed E-state index contributed by atoms with van der Waals surface area (Å²) in [6.07, 6.45) is 0. The third-order valence-electron chi connectivity index (χ3n) is 3.17. The highest BCUT2D eigenvalue weighted by Crippen LogP contribution is 2.29. The van der Waals surface area contributed by atoms with Crippen molar-refractivity contribution in [3.63, 3.8) is 0 Å². The van der Waals surface area contributed by atoms with Gasteiger partial charge in [-0.25, -0.2) is 8.42 Å². The number of halogens is 1. The van der Waals surface area contributed by atoms with E-state index in [1.807, 2.05) is 0 Å². The summed E-state index contributed by atoms with van der Waals surface area (Å²) in [7, 11) is -1.72. The van der Waals surface area contributed by atoms with Crippen molar-refractivity contribution >= 4 is 37.3 Å². The summed E-state index contributed by atoms with van der Waals surface area (Å²) in [5.41, 5.74) is 0. The largest absolute Gasteiger partial charge is 0.314 e. The molecule has 108 valence electrons. The predicted octanol–water partition coefficient (Wildman–Crippen LogP) is 1.04. The Kier molecular flexibility index (Phi) is 5.38. The number of nitrogens with zero attached hydrogens (tertiary/aromatic N) is 2. The molecule has 0 bridgehead atoms. The predicted molar refractivity (Wildman–Crippen MR) is 81.1 cm³/mol. The molecule has 0 aliphatic carbocycles. The van der Waals surface area contributed by atoms with Gasteiger partial charge in [0.25, 0.3) is 10.0 Å². The zero-order chi connectivity index (χ0) is 13.9. The monoisotopic (exact) mass is 367 g/mol. The zero-order valence-corrected chi connectivity index (χ0v) is 14.0. The van der Waals surface area contributed by atoms with Gasteiger partial charge in [-0.3, -0.25) is 4.90 Å². The maximum atomic E-state index is 12.4. The van der Waals surface area contributed by atoms with Crippen molar-refractivity contribution in [1.29, 1.82) is 0 Å². The second-order valence-electron chi connectivity index (χ2n) is 4.47. The fraction of sp³-hybridized carbons (Fsp3) is 0.636. The van der Waals surface area contributed by atoms with E-state index < -0.39 is 10.0 Å². The van der Waals surface area contributed by atoms with Gasteiger partial charge >= 0.3 is 0 Å². The van der Waals surface area contributed by atoms with Crippen LogP contribution in [0.1, 0.15) is 0 Å². The third-order valence-corrected chi connectivity index (χ3v) is 7.67. The Bertz CT molecular complexity index is 512. The second kappa shape index (κ2) is 6.64. The van der Waals surface area contributed by atoms with Gasteiger partial charge in [-0.1, -0.05) is 0 Å². The van der Waals surface area contributed by atoms with Crippen molar-refractivity contribution in [2.45, 2.75) is 4.21 Å². The minimum absolute atomic E-state index is 0.385. The molecular formula is C11H18BrN3O2S2. The summed E-state index contributed by atoms with van der Waals surface area (Å²) >= 11 is 4.53. The molecule has 1 N–H and O–H groups in total. The van der Waals surface area contributed by atoms with Gasteiger partial charge in [0.2, 0.25) is 0 Å². The van der Waals surface area contributed by atoms with Gasteiger partial charge in [0, 0.05) is 50.8 Å². The SMILES string of the molecule is CN(CCN1CCNCC1)S(=O)(=O)c1sccc1Br. The topological polar surface area (TPSA) is 52.6 Å². The number of thiophene rings is 1. The van der Waals surface area contributed by atoms with Crippen LogP contribution in [-0.2, 0) is 10.0 Å². The minimum Gasteiger partial charge on any atom is -0.314 e. The van der Waals surface area contributed by atoms with Crippen molar-refractivity contribution in [3.05, 3.63) is 15.9 Å². The van der Waals surface area contributed by atoms with Crippen LogP contribution in [0.5, 0.6) is 0 Å². The smallest absolute Gasteiger partial charge is 0.253 e. The van der Waals surface area contributed by atoms with Gasteiger partial charge in [0.1, 0.15) is 4.21 Å². The standard InChI is InChI=1S/C11H18BrN3O2S2/c1-14(7-8-15-5-3-13-4-6-15)19(16,17)11-10(12)2-9-18-11/h2,9,13H,3-8H2,1H3. The highest BCUT2D eigenvalue weighted by atomic mass is 79.9. The lowest BCUT2D eigenvalue weighted by Gasteiger charge is -2.28. The lowest BCUT2D eigenvalue weighted by molar-refractivity contribution is 0.229. The van der Waals surface area contributed by atoms with Crippen LogP contribution < -0.4 is 5.32 Å². The summed E-state index contributed by atoms with van der Waals surface area (Å²) in [4.78, 5) is 2.28. The van der Waals surface area contributed by atoms with E-state index in [1.165, 1.54) is 15.6 Å². The summed E-state index contributed by atoms with van der Waals surface area (Å²) in [6, 6.07) is 1.77. The Morgan fingerprint density at radius 3 is 2.74 bits per heavy atom.